The molecule has 0 saturated carbocycles. The smallest absolute Gasteiger partial charge is 0.322 e. The van der Waals surface area contributed by atoms with Gasteiger partial charge in [0.1, 0.15) is 6.04 Å². The van der Waals surface area contributed by atoms with Gasteiger partial charge in [-0.1, -0.05) is 12.1 Å². The number of amides is 3. The molecule has 0 bridgehead atoms. The molecule has 18 heavy (non-hydrogen) atoms. The Morgan fingerprint density at radius 3 is 2.50 bits per heavy atom. The Bertz CT molecular complexity index is 589. The molecule has 0 radical (unpaired) electrons. The largest absolute Gasteiger partial charge is 0.322 e. The van der Waals surface area contributed by atoms with E-state index in [1.54, 1.807) is 23.0 Å². The van der Waals surface area contributed by atoms with Crippen LogP contribution < -0.4 is 10.6 Å². The number of hydrogen-bond acceptors (Lipinski definition) is 3. The van der Waals surface area contributed by atoms with E-state index >= 15 is 0 Å². The summed E-state index contributed by atoms with van der Waals surface area (Å²) >= 11 is 0. The molecule has 3 amide bonds. The van der Waals surface area contributed by atoms with Gasteiger partial charge in [0.2, 0.25) is 0 Å². The Hall–Kier alpha value is -2.63. The maximum Gasteiger partial charge on any atom is 0.322 e. The molecule has 1 saturated heterocycles. The summed E-state index contributed by atoms with van der Waals surface area (Å²) in [6.45, 7) is 0. The van der Waals surface area contributed by atoms with E-state index in [9.17, 15) is 9.59 Å². The molecule has 3 rings (SSSR count). The lowest BCUT2D eigenvalue weighted by Crippen LogP contribution is -2.22. The maximum atomic E-state index is 11.5. The van der Waals surface area contributed by atoms with Crippen molar-refractivity contribution in [3.63, 3.8) is 0 Å². The van der Waals surface area contributed by atoms with Crippen molar-refractivity contribution in [1.82, 2.24) is 20.4 Å². The monoisotopic (exact) mass is 242 g/mol. The van der Waals surface area contributed by atoms with Crippen LogP contribution in [0.25, 0.3) is 5.69 Å². The molecule has 1 fully saturated rings. The van der Waals surface area contributed by atoms with Crippen LogP contribution in [-0.2, 0) is 4.79 Å². The summed E-state index contributed by atoms with van der Waals surface area (Å²) in [5, 5.41) is 8.86. The van der Waals surface area contributed by atoms with Gasteiger partial charge in [-0.25, -0.2) is 9.48 Å². The van der Waals surface area contributed by atoms with Crippen molar-refractivity contribution in [2.75, 3.05) is 0 Å². The average Bonchev–Trinajstić information content (AvgIpc) is 2.99. The van der Waals surface area contributed by atoms with Gasteiger partial charge in [-0.2, -0.15) is 5.10 Å². The van der Waals surface area contributed by atoms with E-state index in [1.807, 2.05) is 24.4 Å². The average molecular weight is 242 g/mol. The summed E-state index contributed by atoms with van der Waals surface area (Å²) in [6, 6.07) is 8.06. The Morgan fingerprint density at radius 2 is 1.94 bits per heavy atom. The van der Waals surface area contributed by atoms with Crippen LogP contribution in [0.1, 0.15) is 11.6 Å². The van der Waals surface area contributed by atoms with Gasteiger partial charge < -0.3 is 5.32 Å². The van der Waals surface area contributed by atoms with Crippen molar-refractivity contribution in [2.45, 2.75) is 6.04 Å². The second-order valence-electron chi connectivity index (χ2n) is 3.94. The predicted molar refractivity (Wildman–Crippen MR) is 63.0 cm³/mol. The third-order valence-corrected chi connectivity index (χ3v) is 2.77. The molecule has 0 aliphatic carbocycles. The molecule has 2 N–H and O–H groups in total. The number of nitrogens with one attached hydrogen (secondary N) is 2. The Kier molecular flexibility index (Phi) is 2.33. The van der Waals surface area contributed by atoms with Crippen LogP contribution in [0.5, 0.6) is 0 Å². The zero-order chi connectivity index (χ0) is 12.5. The van der Waals surface area contributed by atoms with E-state index in [-0.39, 0.29) is 5.91 Å². The van der Waals surface area contributed by atoms with Gasteiger partial charge in [-0.05, 0) is 23.8 Å². The normalized spacial score (nSPS) is 18.6. The Morgan fingerprint density at radius 1 is 1.17 bits per heavy atom. The van der Waals surface area contributed by atoms with Gasteiger partial charge in [-0.3, -0.25) is 10.1 Å². The predicted octanol–water partition coefficient (Wildman–Crippen LogP) is 0.753. The molecule has 2 aromatic rings. The lowest BCUT2D eigenvalue weighted by atomic mass is 10.1. The quantitative estimate of drug-likeness (QED) is 0.763. The molecule has 1 aliphatic heterocycles. The van der Waals surface area contributed by atoms with Gasteiger partial charge in [-0.15, -0.1) is 0 Å². The van der Waals surface area contributed by atoms with E-state index < -0.39 is 12.1 Å². The summed E-state index contributed by atoms with van der Waals surface area (Å²) in [4.78, 5) is 22.5. The molecular weight excluding hydrogens is 232 g/mol. The number of urea groups is 1. The molecule has 1 aliphatic rings. The first-order valence-electron chi connectivity index (χ1n) is 5.45. The van der Waals surface area contributed by atoms with Gasteiger partial charge in [0, 0.05) is 12.4 Å². The van der Waals surface area contributed by atoms with Crippen LogP contribution in [0.3, 0.4) is 0 Å². The molecule has 90 valence electrons. The highest BCUT2D eigenvalue weighted by molar-refractivity contribution is 6.04. The van der Waals surface area contributed by atoms with Crippen LogP contribution in [0.2, 0.25) is 0 Å². The number of imide groups is 1. The topological polar surface area (TPSA) is 76.0 Å². The maximum absolute atomic E-state index is 11.5. The summed E-state index contributed by atoms with van der Waals surface area (Å²) < 4.78 is 1.72. The molecular formula is C12H10N4O2. The fourth-order valence-corrected chi connectivity index (χ4v) is 1.89. The molecule has 0 spiro atoms. The number of carbonyl (C=O) groups is 2. The number of hydrogen-bond donors (Lipinski definition) is 2. The lowest BCUT2D eigenvalue weighted by Gasteiger charge is -2.08. The van der Waals surface area contributed by atoms with E-state index in [2.05, 4.69) is 15.7 Å². The van der Waals surface area contributed by atoms with Crippen LogP contribution in [-0.4, -0.2) is 21.7 Å². The summed E-state index contributed by atoms with van der Waals surface area (Å²) in [7, 11) is 0. The zero-order valence-corrected chi connectivity index (χ0v) is 9.33. The first-order chi connectivity index (χ1) is 8.74. The van der Waals surface area contributed by atoms with Crippen molar-refractivity contribution in [1.29, 1.82) is 0 Å². The summed E-state index contributed by atoms with van der Waals surface area (Å²) in [5.41, 5.74) is 1.64. The van der Waals surface area contributed by atoms with Crippen LogP contribution in [0, 0.1) is 0 Å². The van der Waals surface area contributed by atoms with E-state index in [0.717, 1.165) is 11.3 Å². The second-order valence-corrected chi connectivity index (χ2v) is 3.94. The minimum Gasteiger partial charge on any atom is -0.322 e. The van der Waals surface area contributed by atoms with Gasteiger partial charge in [0.15, 0.2) is 0 Å². The Labute approximate surface area is 103 Å². The lowest BCUT2D eigenvalue weighted by molar-refractivity contribution is -0.120. The van der Waals surface area contributed by atoms with Crippen molar-refractivity contribution in [3.05, 3.63) is 48.3 Å². The number of benzene rings is 1. The standard InChI is InChI=1S/C12H10N4O2/c17-11-10(14-12(18)15-11)8-2-4-9(5-3-8)16-7-1-6-13-16/h1-7,10H,(H2,14,15,17,18)/t10-/m0/s1. The molecule has 1 atom stereocenters. The van der Waals surface area contributed by atoms with Crippen molar-refractivity contribution in [2.24, 2.45) is 0 Å². The van der Waals surface area contributed by atoms with Crippen molar-refractivity contribution in [3.8, 4) is 5.69 Å². The number of rotatable bonds is 2. The van der Waals surface area contributed by atoms with E-state index in [0.29, 0.717) is 0 Å². The molecule has 6 nitrogen and oxygen atoms in total. The summed E-state index contributed by atoms with van der Waals surface area (Å²) in [6.07, 6.45) is 3.53. The van der Waals surface area contributed by atoms with Crippen molar-refractivity contribution < 1.29 is 9.59 Å². The molecule has 0 unspecified atom stereocenters. The first-order valence-corrected chi connectivity index (χ1v) is 5.45. The minimum absolute atomic E-state index is 0.327. The molecule has 6 heteroatoms. The highest BCUT2D eigenvalue weighted by atomic mass is 16.2. The summed E-state index contributed by atoms with van der Waals surface area (Å²) in [5.74, 6) is -0.327. The molecule has 1 aromatic heterocycles. The highest BCUT2D eigenvalue weighted by Crippen LogP contribution is 2.18. The van der Waals surface area contributed by atoms with E-state index in [4.69, 9.17) is 0 Å². The van der Waals surface area contributed by atoms with Gasteiger partial charge in [0.05, 0.1) is 5.69 Å². The van der Waals surface area contributed by atoms with Crippen LogP contribution >= 0.6 is 0 Å². The molecule has 1 aromatic carbocycles. The second kappa shape index (κ2) is 3.99. The molecule has 2 heterocycles. The third kappa shape index (κ3) is 1.73. The highest BCUT2D eigenvalue weighted by Gasteiger charge is 2.30. The van der Waals surface area contributed by atoms with Gasteiger partial charge in [0.25, 0.3) is 5.91 Å². The number of carbonyl (C=O) groups excluding carboxylic acids is 2. The number of nitrogens with zero attached hydrogens (tertiary/aromatic N) is 2. The van der Waals surface area contributed by atoms with Crippen LogP contribution in [0.4, 0.5) is 4.79 Å². The Balaban J connectivity index is 1.88. The minimum atomic E-state index is -0.607. The first kappa shape index (κ1) is 10.5. The third-order valence-electron chi connectivity index (χ3n) is 2.77. The fraction of sp³-hybridized carbons (Fsp3) is 0.0833. The number of aromatic nitrogens is 2. The van der Waals surface area contributed by atoms with E-state index in [1.165, 1.54) is 0 Å². The van der Waals surface area contributed by atoms with Crippen molar-refractivity contribution >= 4 is 11.9 Å². The zero-order valence-electron chi connectivity index (χ0n) is 9.33. The van der Waals surface area contributed by atoms with Gasteiger partial charge >= 0.3 is 6.03 Å². The fourth-order valence-electron chi connectivity index (χ4n) is 1.89. The SMILES string of the molecule is O=C1NC(=O)[C@H](c2ccc(-n3cccn3)cc2)N1. The van der Waals surface area contributed by atoms with Crippen LogP contribution in [0.15, 0.2) is 42.7 Å².